The molecule has 0 saturated heterocycles. The summed E-state index contributed by atoms with van der Waals surface area (Å²) < 4.78 is 13.0. The van der Waals surface area contributed by atoms with Crippen LogP contribution >= 0.6 is 0 Å². The molecule has 4 N–H and O–H groups in total. The quantitative estimate of drug-likeness (QED) is 0.654. The first-order chi connectivity index (χ1) is 6.61. The second kappa shape index (κ2) is 4.88. The lowest BCUT2D eigenvalue weighted by atomic mass is 10.2. The van der Waals surface area contributed by atoms with E-state index in [0.29, 0.717) is 12.2 Å². The lowest BCUT2D eigenvalue weighted by Gasteiger charge is -2.16. The third kappa shape index (κ3) is 2.93. The van der Waals surface area contributed by atoms with Crippen molar-refractivity contribution in [2.75, 3.05) is 11.9 Å². The number of nitrogens with two attached hydrogens (primary N) is 1. The molecular formula is C9H14FN3O. The van der Waals surface area contributed by atoms with Crippen molar-refractivity contribution in [3.63, 3.8) is 0 Å². The van der Waals surface area contributed by atoms with Gasteiger partial charge in [-0.15, -0.1) is 0 Å². The van der Waals surface area contributed by atoms with Gasteiger partial charge in [0.25, 0.3) is 0 Å². The number of halogens is 1. The Morgan fingerprint density at radius 2 is 2.43 bits per heavy atom. The molecule has 2 unspecified atom stereocenters. The van der Waals surface area contributed by atoms with Gasteiger partial charge in [-0.3, -0.25) is 4.98 Å². The van der Waals surface area contributed by atoms with Gasteiger partial charge in [-0.05, 0) is 13.0 Å². The zero-order valence-electron chi connectivity index (χ0n) is 7.94. The van der Waals surface area contributed by atoms with E-state index in [-0.39, 0.29) is 0 Å². The summed E-state index contributed by atoms with van der Waals surface area (Å²) in [5.74, 6) is -0.426. The Hall–Kier alpha value is -1.20. The molecule has 0 saturated carbocycles. The third-order valence-electron chi connectivity index (χ3n) is 1.92. The van der Waals surface area contributed by atoms with Gasteiger partial charge in [-0.2, -0.15) is 0 Å². The average molecular weight is 199 g/mol. The molecular weight excluding hydrogens is 185 g/mol. The molecule has 14 heavy (non-hydrogen) atoms. The van der Waals surface area contributed by atoms with Crippen LogP contribution in [0.4, 0.5) is 10.1 Å². The van der Waals surface area contributed by atoms with Crippen molar-refractivity contribution in [1.29, 1.82) is 0 Å². The van der Waals surface area contributed by atoms with E-state index in [9.17, 15) is 4.39 Å². The van der Waals surface area contributed by atoms with E-state index < -0.39 is 18.0 Å². The van der Waals surface area contributed by atoms with Crippen LogP contribution in [0.3, 0.4) is 0 Å². The van der Waals surface area contributed by atoms with E-state index >= 15 is 0 Å². The van der Waals surface area contributed by atoms with E-state index in [2.05, 4.69) is 10.3 Å². The van der Waals surface area contributed by atoms with Crippen LogP contribution in [0.2, 0.25) is 0 Å². The molecule has 1 aromatic heterocycles. The van der Waals surface area contributed by atoms with Gasteiger partial charge in [0.05, 0.1) is 18.0 Å². The summed E-state index contributed by atoms with van der Waals surface area (Å²) in [6, 6.07) is 1.10. The monoisotopic (exact) mass is 199 g/mol. The fraction of sp³-hybridized carbons (Fsp3) is 0.444. The molecule has 0 amide bonds. The maximum Gasteiger partial charge on any atom is 0.164 e. The van der Waals surface area contributed by atoms with Crippen molar-refractivity contribution in [3.8, 4) is 0 Å². The van der Waals surface area contributed by atoms with Crippen molar-refractivity contribution < 1.29 is 9.50 Å². The fourth-order valence-electron chi connectivity index (χ4n) is 0.917. The first-order valence-corrected chi connectivity index (χ1v) is 4.38. The Labute approximate surface area is 82.0 Å². The zero-order valence-corrected chi connectivity index (χ0v) is 7.94. The number of nitrogens with zero attached hydrogens (tertiary/aromatic N) is 1. The van der Waals surface area contributed by atoms with Crippen LogP contribution in [0.1, 0.15) is 6.92 Å². The number of hydrogen-bond donors (Lipinski definition) is 3. The number of rotatable bonds is 4. The molecule has 0 aliphatic heterocycles. The second-order valence-electron chi connectivity index (χ2n) is 3.14. The summed E-state index contributed by atoms with van der Waals surface area (Å²) in [4.78, 5) is 3.61. The Balaban J connectivity index is 2.50. The number of aliphatic hydroxyl groups is 1. The smallest absolute Gasteiger partial charge is 0.164 e. The van der Waals surface area contributed by atoms with E-state index in [1.807, 2.05) is 0 Å². The number of nitrogens with one attached hydrogen (secondary N) is 1. The lowest BCUT2D eigenvalue weighted by molar-refractivity contribution is 0.168. The van der Waals surface area contributed by atoms with Crippen LogP contribution in [0, 0.1) is 5.82 Å². The number of aliphatic hydroxyl groups excluding tert-OH is 1. The van der Waals surface area contributed by atoms with Gasteiger partial charge < -0.3 is 16.2 Å². The second-order valence-corrected chi connectivity index (χ2v) is 3.14. The molecule has 0 aromatic carbocycles. The van der Waals surface area contributed by atoms with E-state index in [1.165, 1.54) is 12.3 Å². The van der Waals surface area contributed by atoms with Crippen molar-refractivity contribution in [3.05, 3.63) is 24.3 Å². The minimum absolute atomic E-state index is 0.318. The van der Waals surface area contributed by atoms with Crippen LogP contribution < -0.4 is 11.1 Å². The summed E-state index contributed by atoms with van der Waals surface area (Å²) >= 11 is 0. The SMILES string of the molecule is CC(O)C(N)CNc1ccncc1F. The number of hydrogen-bond acceptors (Lipinski definition) is 4. The van der Waals surface area contributed by atoms with Crippen LogP contribution in [0.15, 0.2) is 18.5 Å². The van der Waals surface area contributed by atoms with Crippen LogP contribution in [0.25, 0.3) is 0 Å². The molecule has 5 heteroatoms. The minimum Gasteiger partial charge on any atom is -0.392 e. The van der Waals surface area contributed by atoms with Gasteiger partial charge in [0, 0.05) is 18.8 Å². The summed E-state index contributed by atoms with van der Waals surface area (Å²) in [5, 5.41) is 11.9. The van der Waals surface area contributed by atoms with Crippen molar-refractivity contribution in [2.24, 2.45) is 5.73 Å². The van der Waals surface area contributed by atoms with Crippen LogP contribution in [0.5, 0.6) is 0 Å². The highest BCUT2D eigenvalue weighted by Gasteiger charge is 2.09. The third-order valence-corrected chi connectivity index (χ3v) is 1.92. The molecule has 2 atom stereocenters. The van der Waals surface area contributed by atoms with Crippen molar-refractivity contribution in [2.45, 2.75) is 19.1 Å². The summed E-state index contributed by atoms with van der Waals surface area (Å²) in [6.07, 6.45) is 1.99. The summed E-state index contributed by atoms with van der Waals surface area (Å²) in [7, 11) is 0. The lowest BCUT2D eigenvalue weighted by Crippen LogP contribution is -2.38. The normalized spacial score (nSPS) is 14.9. The zero-order chi connectivity index (χ0) is 10.6. The minimum atomic E-state index is -0.618. The average Bonchev–Trinajstić information content (AvgIpc) is 2.16. The molecule has 0 aliphatic carbocycles. The van der Waals surface area contributed by atoms with Gasteiger partial charge in [0.1, 0.15) is 0 Å². The highest BCUT2D eigenvalue weighted by Crippen LogP contribution is 2.10. The van der Waals surface area contributed by atoms with E-state index in [0.717, 1.165) is 6.20 Å². The number of aromatic nitrogens is 1. The molecule has 0 radical (unpaired) electrons. The molecule has 1 heterocycles. The van der Waals surface area contributed by atoms with Gasteiger partial charge in [-0.25, -0.2) is 4.39 Å². The van der Waals surface area contributed by atoms with Gasteiger partial charge in [0.2, 0.25) is 0 Å². The number of anilines is 1. The van der Waals surface area contributed by atoms with Crippen LogP contribution in [-0.2, 0) is 0 Å². The maximum absolute atomic E-state index is 13.0. The van der Waals surface area contributed by atoms with Crippen molar-refractivity contribution >= 4 is 5.69 Å². The molecule has 0 spiro atoms. The predicted octanol–water partition coefficient (Wildman–Crippen LogP) is 0.341. The molecule has 1 rings (SSSR count). The highest BCUT2D eigenvalue weighted by atomic mass is 19.1. The van der Waals surface area contributed by atoms with E-state index in [1.54, 1.807) is 6.92 Å². The van der Waals surface area contributed by atoms with Gasteiger partial charge >= 0.3 is 0 Å². The highest BCUT2D eigenvalue weighted by molar-refractivity contribution is 5.42. The molecule has 0 bridgehead atoms. The Morgan fingerprint density at radius 3 is 3.00 bits per heavy atom. The first kappa shape index (κ1) is 10.9. The van der Waals surface area contributed by atoms with Gasteiger partial charge in [-0.1, -0.05) is 0 Å². The van der Waals surface area contributed by atoms with E-state index in [4.69, 9.17) is 10.8 Å². The fourth-order valence-corrected chi connectivity index (χ4v) is 0.917. The number of pyridine rings is 1. The topological polar surface area (TPSA) is 71.2 Å². The molecule has 1 aromatic rings. The maximum atomic E-state index is 13.0. The molecule has 0 fully saturated rings. The summed E-state index contributed by atoms with van der Waals surface area (Å²) in [6.45, 7) is 1.91. The first-order valence-electron chi connectivity index (χ1n) is 4.38. The predicted molar refractivity (Wildman–Crippen MR) is 52.3 cm³/mol. The Kier molecular flexibility index (Phi) is 3.79. The Morgan fingerprint density at radius 1 is 1.71 bits per heavy atom. The van der Waals surface area contributed by atoms with Gasteiger partial charge in [0.15, 0.2) is 5.82 Å². The van der Waals surface area contributed by atoms with Crippen LogP contribution in [-0.4, -0.2) is 28.8 Å². The van der Waals surface area contributed by atoms with Crippen molar-refractivity contribution in [1.82, 2.24) is 4.98 Å². The summed E-state index contributed by atoms with van der Waals surface area (Å²) in [5.41, 5.74) is 5.91. The standard InChI is InChI=1S/C9H14FN3O/c1-6(14)8(11)5-13-9-2-3-12-4-7(9)10/h2-4,6,8,14H,5,11H2,1H3,(H,12,13). The largest absolute Gasteiger partial charge is 0.392 e. The molecule has 4 nitrogen and oxygen atoms in total. The molecule has 78 valence electrons. The Bertz CT molecular complexity index is 293. The molecule has 0 aliphatic rings.